The Hall–Kier alpha value is -6.90. The molecule has 0 saturated heterocycles. The van der Waals surface area contributed by atoms with Gasteiger partial charge in [-0.3, -0.25) is 0 Å². The van der Waals surface area contributed by atoms with Gasteiger partial charge in [-0.1, -0.05) is 152 Å². The van der Waals surface area contributed by atoms with E-state index in [2.05, 4.69) is 191 Å². The Morgan fingerprint density at radius 2 is 0.962 bits per heavy atom. The van der Waals surface area contributed by atoms with Gasteiger partial charge in [0.1, 0.15) is 0 Å². The smallest absolute Gasteiger partial charge is 0.0641 e. The van der Waals surface area contributed by atoms with Gasteiger partial charge in [-0.2, -0.15) is 0 Å². The molecule has 52 heavy (non-hydrogen) atoms. The van der Waals surface area contributed by atoms with Crippen LogP contribution in [0.3, 0.4) is 0 Å². The second-order valence-corrected chi connectivity index (χ2v) is 14.0. The van der Waals surface area contributed by atoms with Crippen LogP contribution in [0.15, 0.2) is 182 Å². The van der Waals surface area contributed by atoms with Crippen LogP contribution in [0, 0.1) is 0 Å². The molecule has 0 radical (unpaired) electrons. The molecule has 2 heteroatoms. The van der Waals surface area contributed by atoms with Crippen molar-refractivity contribution in [2.75, 3.05) is 0 Å². The van der Waals surface area contributed by atoms with Crippen molar-refractivity contribution in [1.29, 1.82) is 0 Å². The summed E-state index contributed by atoms with van der Waals surface area (Å²) in [4.78, 5) is 0. The second-order valence-electron chi connectivity index (χ2n) is 14.0. The van der Waals surface area contributed by atoms with Gasteiger partial charge in [0.25, 0.3) is 0 Å². The highest BCUT2D eigenvalue weighted by Crippen LogP contribution is 2.50. The SMILES string of the molecule is c1ccc(-c2cccc(-n3c4c5ccccc5ccc4c4ccc5c(c6ccccc6n5-c5ccc6c7c(cccc57)-c5ccccc5-6)c43)c2)cc1. The van der Waals surface area contributed by atoms with Crippen molar-refractivity contribution >= 4 is 65.2 Å². The van der Waals surface area contributed by atoms with Crippen molar-refractivity contribution in [3.05, 3.63) is 182 Å². The summed E-state index contributed by atoms with van der Waals surface area (Å²) in [7, 11) is 0. The van der Waals surface area contributed by atoms with Crippen LogP contribution < -0.4 is 0 Å². The number of para-hydroxylation sites is 1. The molecule has 1 aliphatic rings. The minimum Gasteiger partial charge on any atom is -0.309 e. The van der Waals surface area contributed by atoms with Crippen molar-refractivity contribution in [2.45, 2.75) is 0 Å². The molecule has 0 fully saturated rings. The summed E-state index contributed by atoms with van der Waals surface area (Å²) in [6, 6.07) is 67.2. The summed E-state index contributed by atoms with van der Waals surface area (Å²) < 4.78 is 5.05. The number of hydrogen-bond acceptors (Lipinski definition) is 0. The van der Waals surface area contributed by atoms with Crippen molar-refractivity contribution in [1.82, 2.24) is 9.13 Å². The van der Waals surface area contributed by atoms with E-state index in [4.69, 9.17) is 0 Å². The van der Waals surface area contributed by atoms with Gasteiger partial charge in [0, 0.05) is 38.0 Å². The first-order valence-corrected chi connectivity index (χ1v) is 18.0. The Morgan fingerprint density at radius 1 is 0.308 bits per heavy atom. The zero-order chi connectivity index (χ0) is 33.9. The van der Waals surface area contributed by atoms with Crippen molar-refractivity contribution < 1.29 is 0 Å². The van der Waals surface area contributed by atoms with Gasteiger partial charge in [0.2, 0.25) is 0 Å². The summed E-state index contributed by atoms with van der Waals surface area (Å²) in [6.45, 7) is 0. The molecule has 0 aliphatic heterocycles. The molecule has 0 spiro atoms. The number of aromatic nitrogens is 2. The maximum absolute atomic E-state index is 2.54. The first kappa shape index (κ1) is 27.9. The summed E-state index contributed by atoms with van der Waals surface area (Å²) in [5.41, 5.74) is 15.0. The topological polar surface area (TPSA) is 9.86 Å². The molecule has 9 aromatic carbocycles. The van der Waals surface area contributed by atoms with Crippen LogP contribution in [0.4, 0.5) is 0 Å². The highest BCUT2D eigenvalue weighted by molar-refractivity contribution is 6.29. The van der Waals surface area contributed by atoms with Gasteiger partial charge in [-0.25, -0.2) is 0 Å². The van der Waals surface area contributed by atoms with Crippen LogP contribution in [-0.2, 0) is 0 Å². The van der Waals surface area contributed by atoms with Gasteiger partial charge in [-0.15, -0.1) is 0 Å². The summed E-state index contributed by atoms with van der Waals surface area (Å²) >= 11 is 0. The second kappa shape index (κ2) is 10.3. The molecule has 240 valence electrons. The van der Waals surface area contributed by atoms with Crippen LogP contribution in [0.5, 0.6) is 0 Å². The van der Waals surface area contributed by atoms with Gasteiger partial charge < -0.3 is 9.13 Å². The number of benzene rings is 9. The van der Waals surface area contributed by atoms with E-state index in [1.54, 1.807) is 0 Å². The molecule has 0 saturated carbocycles. The molecule has 2 nitrogen and oxygen atoms in total. The lowest BCUT2D eigenvalue weighted by atomic mass is 10.0. The maximum atomic E-state index is 2.54. The van der Waals surface area contributed by atoms with Crippen molar-refractivity contribution in [3.63, 3.8) is 0 Å². The summed E-state index contributed by atoms with van der Waals surface area (Å²) in [5, 5.41) is 10.2. The average molecular weight is 659 g/mol. The number of hydrogen-bond donors (Lipinski definition) is 0. The fourth-order valence-electron chi connectivity index (χ4n) is 9.28. The lowest BCUT2D eigenvalue weighted by molar-refractivity contribution is 1.19. The zero-order valence-corrected chi connectivity index (χ0v) is 28.2. The van der Waals surface area contributed by atoms with Crippen molar-refractivity contribution in [3.8, 4) is 44.8 Å². The number of fused-ring (bicyclic) bond motifs is 12. The molecule has 12 rings (SSSR count). The minimum atomic E-state index is 1.16. The third-order valence-electron chi connectivity index (χ3n) is 11.4. The van der Waals surface area contributed by atoms with E-state index in [1.165, 1.54) is 104 Å². The monoisotopic (exact) mass is 658 g/mol. The van der Waals surface area contributed by atoms with Gasteiger partial charge in [-0.05, 0) is 74.5 Å². The van der Waals surface area contributed by atoms with E-state index in [9.17, 15) is 0 Å². The molecule has 0 unspecified atom stereocenters. The third-order valence-corrected chi connectivity index (χ3v) is 11.4. The van der Waals surface area contributed by atoms with E-state index < -0.39 is 0 Å². The molecule has 2 aromatic heterocycles. The molecule has 0 atom stereocenters. The highest BCUT2D eigenvalue weighted by atomic mass is 15.0. The van der Waals surface area contributed by atoms with E-state index >= 15 is 0 Å². The normalized spacial score (nSPS) is 12.2. The maximum Gasteiger partial charge on any atom is 0.0641 e. The Balaban J connectivity index is 1.25. The lowest BCUT2D eigenvalue weighted by Crippen LogP contribution is -1.97. The molecule has 0 bridgehead atoms. The van der Waals surface area contributed by atoms with E-state index in [-0.39, 0.29) is 0 Å². The van der Waals surface area contributed by atoms with Crippen LogP contribution in [0.1, 0.15) is 0 Å². The predicted octanol–water partition coefficient (Wildman–Crippen LogP) is 13.5. The standard InChI is InChI=1S/C50H30N2/c1-2-12-31(13-3-1)33-15-10-16-34(30-33)51-49-35-17-5-4-14-32(35)24-25-40(49)41-27-29-46-48(50(41)51)43-20-8-9-23-44(43)52(46)45-28-26-39-37-19-7-6-18-36(37)38-21-11-22-42(45)47(38)39/h1-30H. The predicted molar refractivity (Wildman–Crippen MR) is 220 cm³/mol. The average Bonchev–Trinajstić information content (AvgIpc) is 3.85. The van der Waals surface area contributed by atoms with Crippen LogP contribution in [0.2, 0.25) is 0 Å². The fraction of sp³-hybridized carbons (Fsp3) is 0. The van der Waals surface area contributed by atoms with Crippen LogP contribution >= 0.6 is 0 Å². The van der Waals surface area contributed by atoms with Gasteiger partial charge in [0.05, 0.1) is 27.8 Å². The zero-order valence-electron chi connectivity index (χ0n) is 28.2. The van der Waals surface area contributed by atoms with Crippen LogP contribution in [0.25, 0.3) is 110 Å². The molecular formula is C50H30N2. The van der Waals surface area contributed by atoms with E-state index in [1.807, 2.05) is 0 Å². The first-order chi connectivity index (χ1) is 25.8. The third kappa shape index (κ3) is 3.63. The van der Waals surface area contributed by atoms with E-state index in [0.717, 1.165) is 5.69 Å². The largest absolute Gasteiger partial charge is 0.309 e. The van der Waals surface area contributed by atoms with Crippen LogP contribution in [-0.4, -0.2) is 9.13 Å². The van der Waals surface area contributed by atoms with E-state index in [0.29, 0.717) is 0 Å². The molecule has 2 heterocycles. The molecule has 1 aliphatic carbocycles. The fourth-order valence-corrected chi connectivity index (χ4v) is 9.28. The Labute approximate surface area is 300 Å². The molecule has 0 amide bonds. The van der Waals surface area contributed by atoms with Crippen molar-refractivity contribution in [2.24, 2.45) is 0 Å². The Kier molecular flexibility index (Phi) is 5.53. The van der Waals surface area contributed by atoms with Gasteiger partial charge in [0.15, 0.2) is 0 Å². The number of rotatable bonds is 3. The minimum absolute atomic E-state index is 1.16. The molecule has 0 N–H and O–H groups in total. The van der Waals surface area contributed by atoms with Gasteiger partial charge >= 0.3 is 0 Å². The summed E-state index contributed by atoms with van der Waals surface area (Å²) in [5.74, 6) is 0. The first-order valence-electron chi connectivity index (χ1n) is 18.0. The Bertz CT molecular complexity index is 3260. The quantitative estimate of drug-likeness (QED) is 0.179. The number of nitrogens with zero attached hydrogens (tertiary/aromatic N) is 2. The Morgan fingerprint density at radius 3 is 1.85 bits per heavy atom. The highest BCUT2D eigenvalue weighted by Gasteiger charge is 2.26. The molecule has 11 aromatic rings. The lowest BCUT2D eigenvalue weighted by Gasteiger charge is -2.14. The molecular weight excluding hydrogens is 629 g/mol. The summed E-state index contributed by atoms with van der Waals surface area (Å²) in [6.07, 6.45) is 0.